The third kappa shape index (κ3) is 4.48. The Morgan fingerprint density at radius 2 is 2.00 bits per heavy atom. The second kappa shape index (κ2) is 6.61. The van der Waals surface area contributed by atoms with E-state index in [-0.39, 0.29) is 17.8 Å². The molecule has 9 heteroatoms. The number of aromatic nitrogens is 1. The van der Waals surface area contributed by atoms with Gasteiger partial charge in [0, 0.05) is 33.2 Å². The van der Waals surface area contributed by atoms with E-state index in [1.165, 1.54) is 16.2 Å². The summed E-state index contributed by atoms with van der Waals surface area (Å²) in [4.78, 5) is 29.2. The zero-order valence-corrected chi connectivity index (χ0v) is 12.9. The van der Waals surface area contributed by atoms with E-state index < -0.39 is 0 Å². The molecule has 1 aliphatic carbocycles. The molecule has 8 nitrogen and oxygen atoms in total. The predicted molar refractivity (Wildman–Crippen MR) is 82.6 cm³/mol. The van der Waals surface area contributed by atoms with Gasteiger partial charge in [0.15, 0.2) is 5.13 Å². The van der Waals surface area contributed by atoms with Crippen LogP contribution >= 0.6 is 11.3 Å². The first kappa shape index (κ1) is 15.4. The van der Waals surface area contributed by atoms with E-state index in [2.05, 4.69) is 20.9 Å². The molecule has 0 saturated heterocycles. The van der Waals surface area contributed by atoms with Crippen molar-refractivity contribution in [3.63, 3.8) is 0 Å². The van der Waals surface area contributed by atoms with Crippen LogP contribution in [0.4, 0.5) is 15.7 Å². The number of nitrogens with two attached hydrogens (primary N) is 1. The van der Waals surface area contributed by atoms with Crippen LogP contribution in [0, 0.1) is 0 Å². The van der Waals surface area contributed by atoms with Crippen LogP contribution in [-0.2, 0) is 0 Å². The number of carbonyl (C=O) groups is 2. The van der Waals surface area contributed by atoms with Crippen LogP contribution in [0.1, 0.15) is 22.5 Å². The molecule has 0 unspecified atom stereocenters. The molecule has 0 radical (unpaired) electrons. The highest BCUT2D eigenvalue weighted by Gasteiger charge is 2.24. The Bertz CT molecular complexity index is 526. The van der Waals surface area contributed by atoms with Gasteiger partial charge in [0.1, 0.15) is 10.7 Å². The first-order valence-corrected chi connectivity index (χ1v) is 7.55. The fraction of sp³-hybridized carbons (Fsp3) is 0.583. The van der Waals surface area contributed by atoms with Crippen molar-refractivity contribution in [2.24, 2.45) is 0 Å². The minimum Gasteiger partial charge on any atom is -0.382 e. The molecule has 3 amide bonds. The average molecular weight is 312 g/mol. The highest BCUT2D eigenvalue weighted by molar-refractivity contribution is 7.18. The maximum absolute atomic E-state index is 12.0. The molecule has 0 aromatic carbocycles. The van der Waals surface area contributed by atoms with E-state index in [4.69, 9.17) is 5.73 Å². The van der Waals surface area contributed by atoms with Crippen molar-refractivity contribution in [3.8, 4) is 0 Å². The number of hydrogen-bond donors (Lipinski definition) is 4. The first-order valence-electron chi connectivity index (χ1n) is 6.73. The molecule has 116 valence electrons. The van der Waals surface area contributed by atoms with Gasteiger partial charge in [-0.05, 0) is 12.8 Å². The third-order valence-corrected chi connectivity index (χ3v) is 3.86. The number of rotatable bonds is 6. The van der Waals surface area contributed by atoms with Crippen molar-refractivity contribution in [1.29, 1.82) is 0 Å². The number of hydrogen-bond acceptors (Lipinski definition) is 6. The summed E-state index contributed by atoms with van der Waals surface area (Å²) in [5, 5.41) is 9.26. The smallest absolute Gasteiger partial charge is 0.316 e. The molecule has 1 heterocycles. The zero-order chi connectivity index (χ0) is 15.4. The van der Waals surface area contributed by atoms with E-state index in [1.807, 2.05) is 0 Å². The van der Waals surface area contributed by atoms with Crippen LogP contribution in [0.15, 0.2) is 0 Å². The molecular weight excluding hydrogens is 292 g/mol. The fourth-order valence-corrected chi connectivity index (χ4v) is 2.42. The van der Waals surface area contributed by atoms with Crippen LogP contribution in [0.2, 0.25) is 0 Å². The predicted octanol–water partition coefficient (Wildman–Crippen LogP) is 0.301. The number of urea groups is 1. The van der Waals surface area contributed by atoms with Crippen LogP contribution in [0.3, 0.4) is 0 Å². The molecular formula is C12H20N6O2S. The number of nitrogens with zero attached hydrogens (tertiary/aromatic N) is 2. The molecule has 1 fully saturated rings. The lowest BCUT2D eigenvalue weighted by molar-refractivity contribution is 0.0958. The monoisotopic (exact) mass is 312 g/mol. The molecule has 0 atom stereocenters. The summed E-state index contributed by atoms with van der Waals surface area (Å²) in [5.74, 6) is -0.0362. The van der Waals surface area contributed by atoms with Gasteiger partial charge in [-0.1, -0.05) is 11.3 Å². The molecule has 5 N–H and O–H groups in total. The Hall–Kier alpha value is -2.03. The van der Waals surface area contributed by atoms with Crippen molar-refractivity contribution in [2.45, 2.75) is 18.9 Å². The van der Waals surface area contributed by atoms with Crippen LogP contribution in [0.5, 0.6) is 0 Å². The van der Waals surface area contributed by atoms with Crippen molar-refractivity contribution in [1.82, 2.24) is 20.5 Å². The SMILES string of the molecule is CN(C)C(=O)NCCNC(=O)c1sc(NC2CC2)nc1N. The van der Waals surface area contributed by atoms with E-state index >= 15 is 0 Å². The summed E-state index contributed by atoms with van der Waals surface area (Å²) in [6, 6.07) is 0.269. The fourth-order valence-electron chi connectivity index (χ4n) is 1.54. The Morgan fingerprint density at radius 3 is 2.62 bits per heavy atom. The van der Waals surface area contributed by atoms with Crippen LogP contribution in [0.25, 0.3) is 0 Å². The minimum atomic E-state index is -0.270. The lowest BCUT2D eigenvalue weighted by Gasteiger charge is -2.11. The second-order valence-electron chi connectivity index (χ2n) is 5.03. The van der Waals surface area contributed by atoms with Gasteiger partial charge in [-0.3, -0.25) is 4.79 Å². The molecule has 2 rings (SSSR count). The Labute approximate surface area is 127 Å². The van der Waals surface area contributed by atoms with Gasteiger partial charge < -0.3 is 26.6 Å². The maximum atomic E-state index is 12.0. The van der Waals surface area contributed by atoms with Gasteiger partial charge >= 0.3 is 6.03 Å². The molecule has 1 aromatic heterocycles. The minimum absolute atomic E-state index is 0.197. The number of anilines is 2. The topological polar surface area (TPSA) is 112 Å². The summed E-state index contributed by atoms with van der Waals surface area (Å²) in [6.45, 7) is 0.690. The van der Waals surface area contributed by atoms with Gasteiger partial charge in [0.2, 0.25) is 0 Å². The van der Waals surface area contributed by atoms with Crippen molar-refractivity contribution >= 4 is 34.2 Å². The molecule has 1 aromatic rings. The first-order chi connectivity index (χ1) is 9.97. The second-order valence-corrected chi connectivity index (χ2v) is 6.03. The number of nitrogens with one attached hydrogen (secondary N) is 3. The van der Waals surface area contributed by atoms with E-state index in [1.54, 1.807) is 14.1 Å². The van der Waals surface area contributed by atoms with Crippen molar-refractivity contribution in [3.05, 3.63) is 4.88 Å². The molecule has 0 bridgehead atoms. The summed E-state index contributed by atoms with van der Waals surface area (Å²) < 4.78 is 0. The van der Waals surface area contributed by atoms with Gasteiger partial charge in [0.25, 0.3) is 5.91 Å². The number of thiazole rings is 1. The summed E-state index contributed by atoms with van der Waals surface area (Å²) >= 11 is 1.25. The molecule has 0 spiro atoms. The molecule has 0 aliphatic heterocycles. The lowest BCUT2D eigenvalue weighted by Crippen LogP contribution is -2.39. The molecule has 1 aliphatic rings. The maximum Gasteiger partial charge on any atom is 0.316 e. The number of nitrogen functional groups attached to an aromatic ring is 1. The Balaban J connectivity index is 1.77. The summed E-state index contributed by atoms with van der Waals surface area (Å²) in [7, 11) is 3.31. The van der Waals surface area contributed by atoms with E-state index in [0.29, 0.717) is 29.1 Å². The highest BCUT2D eigenvalue weighted by Crippen LogP contribution is 2.30. The van der Waals surface area contributed by atoms with E-state index in [0.717, 1.165) is 12.8 Å². The van der Waals surface area contributed by atoms with Crippen molar-refractivity contribution < 1.29 is 9.59 Å². The number of amides is 3. The normalized spacial score (nSPS) is 13.6. The number of carbonyl (C=O) groups excluding carboxylic acids is 2. The van der Waals surface area contributed by atoms with E-state index in [9.17, 15) is 9.59 Å². The van der Waals surface area contributed by atoms with Crippen LogP contribution in [-0.4, -0.2) is 55.0 Å². The average Bonchev–Trinajstić information content (AvgIpc) is 3.16. The van der Waals surface area contributed by atoms with Crippen LogP contribution < -0.4 is 21.7 Å². The Morgan fingerprint density at radius 1 is 1.33 bits per heavy atom. The standard InChI is InChI=1S/C12H20N6O2S/c1-18(2)12(20)15-6-5-14-10(19)8-9(13)17-11(21-8)16-7-3-4-7/h7H,3-6,13H2,1-2H3,(H,14,19)(H,15,20)(H,16,17). The summed E-state index contributed by atoms with van der Waals surface area (Å²) in [5.41, 5.74) is 5.75. The largest absolute Gasteiger partial charge is 0.382 e. The van der Waals surface area contributed by atoms with Gasteiger partial charge in [-0.25, -0.2) is 9.78 Å². The van der Waals surface area contributed by atoms with Gasteiger partial charge in [-0.2, -0.15) is 0 Å². The Kier molecular flexibility index (Phi) is 4.84. The molecule has 21 heavy (non-hydrogen) atoms. The van der Waals surface area contributed by atoms with Gasteiger partial charge in [0.05, 0.1) is 0 Å². The molecule has 1 saturated carbocycles. The highest BCUT2D eigenvalue weighted by atomic mass is 32.1. The quantitative estimate of drug-likeness (QED) is 0.564. The third-order valence-electron chi connectivity index (χ3n) is 2.86. The zero-order valence-electron chi connectivity index (χ0n) is 12.1. The van der Waals surface area contributed by atoms with Gasteiger partial charge in [-0.15, -0.1) is 0 Å². The lowest BCUT2D eigenvalue weighted by atomic mass is 10.4. The summed E-state index contributed by atoms with van der Waals surface area (Å²) in [6.07, 6.45) is 2.26. The van der Waals surface area contributed by atoms with Crippen molar-refractivity contribution in [2.75, 3.05) is 38.2 Å².